The highest BCUT2D eigenvalue weighted by Crippen LogP contribution is 2.31. The minimum Gasteiger partial charge on any atom is -0.357 e. The average Bonchev–Trinajstić information content (AvgIpc) is 3.01. The molecule has 130 valence electrons. The quantitative estimate of drug-likeness (QED) is 0.775. The molecule has 3 aromatic rings. The minimum absolute atomic E-state index is 0.124. The maximum absolute atomic E-state index is 11.5. The fourth-order valence-corrected chi connectivity index (χ4v) is 3.00. The molecule has 1 amide bonds. The van der Waals surface area contributed by atoms with Crippen LogP contribution in [0, 0.1) is 0 Å². The number of carbonyl (C=O) groups is 1. The first kappa shape index (κ1) is 17.0. The van der Waals surface area contributed by atoms with E-state index in [1.54, 1.807) is 4.68 Å². The molecule has 0 aliphatic rings. The highest BCUT2D eigenvalue weighted by molar-refractivity contribution is 5.98. The van der Waals surface area contributed by atoms with E-state index in [1.165, 1.54) is 6.92 Å². The largest absolute Gasteiger partial charge is 0.357 e. The number of pyridine rings is 1. The van der Waals surface area contributed by atoms with Crippen molar-refractivity contribution in [2.45, 2.75) is 20.8 Å². The number of nitrogens with zero attached hydrogens (tertiary/aromatic N) is 4. The molecule has 0 aliphatic carbocycles. The summed E-state index contributed by atoms with van der Waals surface area (Å²) in [7, 11) is 1.90. The summed E-state index contributed by atoms with van der Waals surface area (Å²) in [4.78, 5) is 18.3. The number of benzene rings is 1. The maximum Gasteiger partial charge on any atom is 0.222 e. The number of aryl methyl sites for hydroxylation is 1. The Morgan fingerprint density at radius 3 is 2.56 bits per heavy atom. The summed E-state index contributed by atoms with van der Waals surface area (Å²) in [5.74, 6) is 1.34. The summed E-state index contributed by atoms with van der Waals surface area (Å²) in [5, 5.41) is 9.17. The van der Waals surface area contributed by atoms with Gasteiger partial charge in [0.2, 0.25) is 5.91 Å². The third-order valence-corrected chi connectivity index (χ3v) is 4.22. The highest BCUT2D eigenvalue weighted by Gasteiger charge is 2.13. The lowest BCUT2D eigenvalue weighted by atomic mass is 10.0. The molecule has 0 unspecified atom stereocenters. The van der Waals surface area contributed by atoms with Crippen molar-refractivity contribution in [3.05, 3.63) is 36.7 Å². The summed E-state index contributed by atoms with van der Waals surface area (Å²) in [5.41, 5.74) is 2.15. The summed E-state index contributed by atoms with van der Waals surface area (Å²) in [6.45, 7) is 7.41. The van der Waals surface area contributed by atoms with Crippen molar-refractivity contribution in [3.63, 3.8) is 0 Å². The lowest BCUT2D eigenvalue weighted by molar-refractivity contribution is -0.114. The van der Waals surface area contributed by atoms with E-state index in [2.05, 4.69) is 52.3 Å². The Morgan fingerprint density at radius 2 is 1.96 bits per heavy atom. The van der Waals surface area contributed by atoms with Crippen LogP contribution in [-0.2, 0) is 11.8 Å². The van der Waals surface area contributed by atoms with Crippen LogP contribution in [0.25, 0.3) is 21.9 Å². The molecule has 0 aliphatic heterocycles. The van der Waals surface area contributed by atoms with Gasteiger partial charge in [-0.05, 0) is 36.9 Å². The SMILES string of the molecule is CCN(CC)c1nc(NC(C)=O)cc2cc(-c3cnn(C)c3)ccc12. The highest BCUT2D eigenvalue weighted by atomic mass is 16.1. The van der Waals surface area contributed by atoms with Gasteiger partial charge < -0.3 is 10.2 Å². The van der Waals surface area contributed by atoms with Gasteiger partial charge in [-0.15, -0.1) is 0 Å². The molecular weight excluding hydrogens is 314 g/mol. The number of hydrogen-bond donors (Lipinski definition) is 1. The Kier molecular flexibility index (Phi) is 4.70. The van der Waals surface area contributed by atoms with E-state index >= 15 is 0 Å². The number of carbonyl (C=O) groups excluding carboxylic acids is 1. The third kappa shape index (κ3) is 3.47. The van der Waals surface area contributed by atoms with Crippen LogP contribution in [0.15, 0.2) is 36.7 Å². The number of rotatable bonds is 5. The Balaban J connectivity index is 2.18. The van der Waals surface area contributed by atoms with Crippen LogP contribution in [0.3, 0.4) is 0 Å². The molecular formula is C19H23N5O. The first-order valence-electron chi connectivity index (χ1n) is 8.48. The fraction of sp³-hybridized carbons (Fsp3) is 0.316. The molecule has 3 rings (SSSR count). The molecule has 0 radical (unpaired) electrons. The number of nitrogens with one attached hydrogen (secondary N) is 1. The van der Waals surface area contributed by atoms with E-state index < -0.39 is 0 Å². The Bertz CT molecular complexity index is 911. The van der Waals surface area contributed by atoms with Gasteiger partial charge in [-0.25, -0.2) is 4.98 Å². The van der Waals surface area contributed by atoms with Crippen LogP contribution in [0.4, 0.5) is 11.6 Å². The molecule has 6 heteroatoms. The maximum atomic E-state index is 11.5. The van der Waals surface area contributed by atoms with E-state index in [-0.39, 0.29) is 5.91 Å². The standard InChI is InChI=1S/C19H23N5O/c1-5-24(6-2)19-17-8-7-14(16-11-20-23(4)12-16)9-15(17)10-18(22-19)21-13(3)25/h7-12H,5-6H2,1-4H3,(H,21,22,25). The van der Waals surface area contributed by atoms with E-state index in [9.17, 15) is 4.79 Å². The van der Waals surface area contributed by atoms with Crippen LogP contribution in [-0.4, -0.2) is 33.8 Å². The first-order valence-corrected chi connectivity index (χ1v) is 8.48. The van der Waals surface area contributed by atoms with Gasteiger partial charge in [-0.2, -0.15) is 5.10 Å². The average molecular weight is 337 g/mol. The van der Waals surface area contributed by atoms with Gasteiger partial charge in [0.15, 0.2) is 0 Å². The zero-order valence-electron chi connectivity index (χ0n) is 15.1. The third-order valence-electron chi connectivity index (χ3n) is 4.22. The molecule has 1 N–H and O–H groups in total. The van der Waals surface area contributed by atoms with Crippen LogP contribution >= 0.6 is 0 Å². The molecule has 0 saturated carbocycles. The Labute approximate surface area is 147 Å². The molecule has 2 aromatic heterocycles. The van der Waals surface area contributed by atoms with Gasteiger partial charge in [-0.1, -0.05) is 12.1 Å². The van der Waals surface area contributed by atoms with Crippen LogP contribution < -0.4 is 10.2 Å². The molecule has 1 aromatic carbocycles. The molecule has 6 nitrogen and oxygen atoms in total. The minimum atomic E-state index is -0.124. The number of hydrogen-bond acceptors (Lipinski definition) is 4. The van der Waals surface area contributed by atoms with Crippen molar-refractivity contribution in [1.82, 2.24) is 14.8 Å². The van der Waals surface area contributed by atoms with Gasteiger partial charge >= 0.3 is 0 Å². The summed E-state index contributed by atoms with van der Waals surface area (Å²) < 4.78 is 1.79. The van der Waals surface area contributed by atoms with Crippen LogP contribution in [0.1, 0.15) is 20.8 Å². The van der Waals surface area contributed by atoms with Crippen LogP contribution in [0.2, 0.25) is 0 Å². The summed E-state index contributed by atoms with van der Waals surface area (Å²) in [6, 6.07) is 8.22. The van der Waals surface area contributed by atoms with E-state index in [1.807, 2.05) is 25.5 Å². The number of fused-ring (bicyclic) bond motifs is 1. The molecule has 2 heterocycles. The van der Waals surface area contributed by atoms with E-state index in [0.717, 1.165) is 40.8 Å². The van der Waals surface area contributed by atoms with Gasteiger partial charge in [0.1, 0.15) is 11.6 Å². The normalized spacial score (nSPS) is 10.9. The van der Waals surface area contributed by atoms with Crippen LogP contribution in [0.5, 0.6) is 0 Å². The van der Waals surface area contributed by atoms with Gasteiger partial charge in [0.25, 0.3) is 0 Å². The van der Waals surface area contributed by atoms with Crippen molar-refractivity contribution in [1.29, 1.82) is 0 Å². The van der Waals surface area contributed by atoms with Crippen molar-refractivity contribution in [3.8, 4) is 11.1 Å². The zero-order chi connectivity index (χ0) is 18.0. The lowest BCUT2D eigenvalue weighted by Gasteiger charge is -2.22. The van der Waals surface area contributed by atoms with Gasteiger partial charge in [-0.3, -0.25) is 9.48 Å². The predicted molar refractivity (Wildman–Crippen MR) is 102 cm³/mol. The van der Waals surface area contributed by atoms with E-state index in [4.69, 9.17) is 0 Å². The summed E-state index contributed by atoms with van der Waals surface area (Å²) in [6.07, 6.45) is 3.84. The lowest BCUT2D eigenvalue weighted by Crippen LogP contribution is -2.23. The molecule has 0 spiro atoms. The molecule has 0 saturated heterocycles. The molecule has 0 fully saturated rings. The fourth-order valence-electron chi connectivity index (χ4n) is 3.00. The second-order valence-electron chi connectivity index (χ2n) is 6.02. The zero-order valence-corrected chi connectivity index (χ0v) is 15.1. The van der Waals surface area contributed by atoms with Crippen molar-refractivity contribution in [2.24, 2.45) is 7.05 Å². The number of aromatic nitrogens is 3. The van der Waals surface area contributed by atoms with Crippen molar-refractivity contribution in [2.75, 3.05) is 23.3 Å². The topological polar surface area (TPSA) is 63.1 Å². The van der Waals surface area contributed by atoms with E-state index in [0.29, 0.717) is 5.82 Å². The molecule has 25 heavy (non-hydrogen) atoms. The Hall–Kier alpha value is -2.89. The van der Waals surface area contributed by atoms with Gasteiger partial charge in [0, 0.05) is 44.2 Å². The first-order chi connectivity index (χ1) is 12.0. The van der Waals surface area contributed by atoms with Crippen molar-refractivity contribution >= 4 is 28.3 Å². The van der Waals surface area contributed by atoms with Gasteiger partial charge in [0.05, 0.1) is 6.20 Å². The smallest absolute Gasteiger partial charge is 0.222 e. The number of anilines is 2. The number of amides is 1. The second-order valence-corrected chi connectivity index (χ2v) is 6.02. The molecule has 0 bridgehead atoms. The summed E-state index contributed by atoms with van der Waals surface area (Å²) >= 11 is 0. The predicted octanol–water partition coefficient (Wildman–Crippen LogP) is 3.44. The van der Waals surface area contributed by atoms with Crippen molar-refractivity contribution < 1.29 is 4.79 Å². The Morgan fingerprint density at radius 1 is 1.20 bits per heavy atom. The monoisotopic (exact) mass is 337 g/mol. The second kappa shape index (κ2) is 6.93. The molecule has 0 atom stereocenters.